The van der Waals surface area contributed by atoms with Crippen LogP contribution in [-0.2, 0) is 16.1 Å². The van der Waals surface area contributed by atoms with E-state index in [1.54, 1.807) is 22.9 Å². The van der Waals surface area contributed by atoms with E-state index in [-0.39, 0.29) is 11.4 Å². The molecule has 0 atom stereocenters. The zero-order valence-electron chi connectivity index (χ0n) is 20.4. The molecule has 5 rings (SSSR count). The summed E-state index contributed by atoms with van der Waals surface area (Å²) in [4.78, 5) is 39.5. The number of carbonyl (C=O) groups excluding carboxylic acids is 3. The highest BCUT2D eigenvalue weighted by atomic mass is 35.5. The van der Waals surface area contributed by atoms with Crippen molar-refractivity contribution in [2.45, 2.75) is 13.5 Å². The van der Waals surface area contributed by atoms with Crippen LogP contribution in [0.1, 0.15) is 16.7 Å². The molecule has 3 amide bonds. The fourth-order valence-electron chi connectivity index (χ4n) is 3.98. The van der Waals surface area contributed by atoms with E-state index in [1.165, 1.54) is 0 Å². The average molecular weight is 543 g/mol. The van der Waals surface area contributed by atoms with Crippen molar-refractivity contribution in [2.24, 2.45) is 0 Å². The number of hydrogen-bond acceptors (Lipinski definition) is 5. The molecule has 1 saturated heterocycles. The number of imide groups is 1. The van der Waals surface area contributed by atoms with Gasteiger partial charge < -0.3 is 5.32 Å². The zero-order valence-corrected chi connectivity index (χ0v) is 22.0. The first-order valence-corrected chi connectivity index (χ1v) is 13.0. The molecule has 4 aromatic rings. The monoisotopic (exact) mass is 542 g/mol. The smallest absolute Gasteiger partial charge is 0.294 e. The van der Waals surface area contributed by atoms with E-state index in [0.717, 1.165) is 33.4 Å². The molecule has 1 aliphatic heterocycles. The minimum Gasteiger partial charge on any atom is -0.325 e. The second-order valence-electron chi connectivity index (χ2n) is 8.81. The highest BCUT2D eigenvalue weighted by Crippen LogP contribution is 2.34. The number of aromatic nitrogens is 2. The van der Waals surface area contributed by atoms with Crippen LogP contribution < -0.4 is 5.32 Å². The molecule has 1 fully saturated rings. The molecule has 0 bridgehead atoms. The third-order valence-electron chi connectivity index (χ3n) is 5.89. The lowest BCUT2D eigenvalue weighted by Crippen LogP contribution is -2.36. The topological polar surface area (TPSA) is 84.3 Å². The lowest BCUT2D eigenvalue weighted by atomic mass is 10.1. The van der Waals surface area contributed by atoms with Crippen LogP contribution >= 0.6 is 23.4 Å². The number of rotatable bonds is 7. The maximum atomic E-state index is 13.1. The van der Waals surface area contributed by atoms with Gasteiger partial charge in [-0.25, -0.2) is 0 Å². The summed E-state index contributed by atoms with van der Waals surface area (Å²) in [5.41, 5.74) is 4.94. The Morgan fingerprint density at radius 2 is 1.71 bits per heavy atom. The number of amides is 3. The summed E-state index contributed by atoms with van der Waals surface area (Å²) in [7, 11) is 0. The molecule has 0 radical (unpaired) electrons. The summed E-state index contributed by atoms with van der Waals surface area (Å²) in [6.45, 7) is 2.09. The Kier molecular flexibility index (Phi) is 7.44. The molecule has 0 unspecified atom stereocenters. The van der Waals surface area contributed by atoms with E-state index in [1.807, 2.05) is 79.9 Å². The lowest BCUT2D eigenvalue weighted by Gasteiger charge is -2.12. The molecule has 0 spiro atoms. The van der Waals surface area contributed by atoms with Gasteiger partial charge in [0.15, 0.2) is 0 Å². The second kappa shape index (κ2) is 11.1. The molecular weight excluding hydrogens is 520 g/mol. The summed E-state index contributed by atoms with van der Waals surface area (Å²) >= 11 is 6.83. The molecule has 7 nitrogen and oxygen atoms in total. The second-order valence-corrected chi connectivity index (χ2v) is 10.2. The molecule has 1 aromatic heterocycles. The summed E-state index contributed by atoms with van der Waals surface area (Å²) in [5.74, 6) is -0.957. The third kappa shape index (κ3) is 5.88. The minimum absolute atomic E-state index is 0.237. The Bertz CT molecular complexity index is 1530. The molecule has 1 N–H and O–H groups in total. The first-order valence-electron chi connectivity index (χ1n) is 11.8. The van der Waals surface area contributed by atoms with Crippen molar-refractivity contribution >= 4 is 52.2 Å². The Morgan fingerprint density at radius 3 is 2.42 bits per heavy atom. The van der Waals surface area contributed by atoms with Crippen molar-refractivity contribution < 1.29 is 14.4 Å². The van der Waals surface area contributed by atoms with Gasteiger partial charge in [-0.1, -0.05) is 71.8 Å². The number of nitrogens with one attached hydrogen (secondary N) is 1. The molecule has 9 heteroatoms. The van der Waals surface area contributed by atoms with Gasteiger partial charge in [0.2, 0.25) is 5.91 Å². The zero-order chi connectivity index (χ0) is 26.6. The number of nitrogens with zero attached hydrogens (tertiary/aromatic N) is 3. The summed E-state index contributed by atoms with van der Waals surface area (Å²) in [6, 6.07) is 24.4. The predicted molar refractivity (Wildman–Crippen MR) is 151 cm³/mol. The number of carbonyl (C=O) groups is 3. The lowest BCUT2D eigenvalue weighted by molar-refractivity contribution is -0.127. The van der Waals surface area contributed by atoms with Crippen LogP contribution in [-0.4, -0.2) is 38.3 Å². The van der Waals surface area contributed by atoms with Gasteiger partial charge in [0.25, 0.3) is 11.1 Å². The van der Waals surface area contributed by atoms with E-state index in [0.29, 0.717) is 28.5 Å². The molecule has 0 aliphatic carbocycles. The van der Waals surface area contributed by atoms with Crippen molar-refractivity contribution in [1.82, 2.24) is 14.7 Å². The molecular formula is C29H23ClN4O3S. The summed E-state index contributed by atoms with van der Waals surface area (Å²) < 4.78 is 1.79. The normalized spacial score (nSPS) is 14.4. The van der Waals surface area contributed by atoms with E-state index in [4.69, 9.17) is 16.7 Å². The van der Waals surface area contributed by atoms with Crippen LogP contribution in [0, 0.1) is 6.92 Å². The maximum absolute atomic E-state index is 13.1. The van der Waals surface area contributed by atoms with Crippen molar-refractivity contribution in [1.29, 1.82) is 0 Å². The van der Waals surface area contributed by atoms with Crippen molar-refractivity contribution in [3.63, 3.8) is 0 Å². The fraction of sp³-hybridized carbons (Fsp3) is 0.103. The van der Waals surface area contributed by atoms with E-state index in [9.17, 15) is 14.4 Å². The number of anilines is 1. The molecule has 2 heterocycles. The molecule has 38 heavy (non-hydrogen) atoms. The Morgan fingerprint density at radius 1 is 1.00 bits per heavy atom. The van der Waals surface area contributed by atoms with E-state index < -0.39 is 17.1 Å². The van der Waals surface area contributed by atoms with Gasteiger partial charge >= 0.3 is 0 Å². The van der Waals surface area contributed by atoms with Crippen molar-refractivity contribution in [2.75, 3.05) is 11.9 Å². The van der Waals surface area contributed by atoms with Gasteiger partial charge in [0.1, 0.15) is 6.54 Å². The molecule has 1 aliphatic rings. The predicted octanol–water partition coefficient (Wildman–Crippen LogP) is 6.24. The first-order chi connectivity index (χ1) is 18.4. The first kappa shape index (κ1) is 25.5. The quantitative estimate of drug-likeness (QED) is 0.280. The fourth-order valence-corrected chi connectivity index (χ4v) is 4.93. The number of benzene rings is 3. The number of hydrogen-bond donors (Lipinski definition) is 1. The van der Waals surface area contributed by atoms with Crippen molar-refractivity contribution in [3.05, 3.63) is 112 Å². The van der Waals surface area contributed by atoms with Gasteiger partial charge in [0.05, 0.1) is 17.1 Å². The number of aryl methyl sites for hydroxylation is 1. The Hall–Kier alpha value is -4.14. The Balaban J connectivity index is 1.38. The van der Waals surface area contributed by atoms with Crippen LogP contribution in [0.15, 0.2) is 90.0 Å². The minimum atomic E-state index is -0.511. The standard InChI is InChI=1S/C29H23ClN4O3S/c1-19-7-13-24(14-8-19)31-26(35)18-34-28(36)25(38-29(34)37)15-22-17-33(16-20-9-11-23(30)12-10-20)32-27(22)21-5-3-2-4-6-21/h2-15,17H,16,18H2,1H3,(H,31,35)/b25-15-. The average Bonchev–Trinajstić information content (AvgIpc) is 3.42. The van der Waals surface area contributed by atoms with Crippen LogP contribution in [0.4, 0.5) is 10.5 Å². The SMILES string of the molecule is Cc1ccc(NC(=O)CN2C(=O)S/C(=C\c3cn(Cc4ccc(Cl)cc4)nc3-c3ccccc3)C2=O)cc1. The van der Waals surface area contributed by atoms with Gasteiger partial charge in [0, 0.05) is 28.0 Å². The summed E-state index contributed by atoms with van der Waals surface area (Å²) in [5, 5.41) is 7.65. The summed E-state index contributed by atoms with van der Waals surface area (Å²) in [6.07, 6.45) is 3.51. The van der Waals surface area contributed by atoms with Crippen LogP contribution in [0.3, 0.4) is 0 Å². The Labute approximate surface area is 229 Å². The largest absolute Gasteiger partial charge is 0.325 e. The van der Waals surface area contributed by atoms with Crippen LogP contribution in [0.25, 0.3) is 17.3 Å². The third-order valence-corrected chi connectivity index (χ3v) is 7.05. The van der Waals surface area contributed by atoms with Gasteiger partial charge in [-0.3, -0.25) is 24.0 Å². The van der Waals surface area contributed by atoms with Gasteiger partial charge in [-0.15, -0.1) is 0 Å². The molecule has 190 valence electrons. The number of thioether (sulfide) groups is 1. The molecule has 0 saturated carbocycles. The molecule has 3 aromatic carbocycles. The highest BCUT2D eigenvalue weighted by Gasteiger charge is 2.36. The van der Waals surface area contributed by atoms with Gasteiger partial charge in [-0.2, -0.15) is 5.10 Å². The van der Waals surface area contributed by atoms with Gasteiger partial charge in [-0.05, 0) is 54.6 Å². The highest BCUT2D eigenvalue weighted by molar-refractivity contribution is 8.18. The van der Waals surface area contributed by atoms with E-state index in [2.05, 4.69) is 5.32 Å². The maximum Gasteiger partial charge on any atom is 0.294 e. The van der Waals surface area contributed by atoms with Crippen LogP contribution in [0.5, 0.6) is 0 Å². The number of halogens is 1. The van der Waals surface area contributed by atoms with Crippen LogP contribution in [0.2, 0.25) is 5.02 Å². The van der Waals surface area contributed by atoms with E-state index >= 15 is 0 Å². The van der Waals surface area contributed by atoms with Crippen molar-refractivity contribution in [3.8, 4) is 11.3 Å².